The molecule has 0 aliphatic carbocycles. The Labute approximate surface area is 160 Å². The van der Waals surface area contributed by atoms with Gasteiger partial charge in [-0.15, -0.1) is 0 Å². The monoisotopic (exact) mass is 446 g/mol. The van der Waals surface area contributed by atoms with E-state index in [1.165, 1.54) is 0 Å². The van der Waals surface area contributed by atoms with Crippen molar-refractivity contribution in [1.82, 2.24) is 9.55 Å². The molecule has 4 N–H and O–H groups in total. The minimum absolute atomic E-state index is 0.0862. The first-order valence-corrected chi connectivity index (χ1v) is 8.77. The fraction of sp³-hybridized carbons (Fsp3) is 0.375. The molecule has 2 aromatic rings. The molecule has 0 amide bonds. The van der Waals surface area contributed by atoms with Gasteiger partial charge in [0.05, 0.1) is 0 Å². The van der Waals surface area contributed by atoms with Crippen LogP contribution in [0.15, 0.2) is 46.1 Å². The number of aromatic nitrogens is 2. The number of rotatable bonds is 5. The number of hydrogen-bond donors (Lipinski definition) is 4. The second-order valence-electron chi connectivity index (χ2n) is 5.88. The third-order valence-corrected chi connectivity index (χ3v) is 5.41. The van der Waals surface area contributed by atoms with Crippen molar-refractivity contribution in [3.63, 3.8) is 0 Å². The third-order valence-electron chi connectivity index (χ3n) is 4.26. The van der Waals surface area contributed by atoms with Crippen molar-refractivity contribution in [2.45, 2.75) is 22.6 Å². The van der Waals surface area contributed by atoms with Crippen molar-refractivity contribution in [1.29, 1.82) is 0 Å². The molecule has 1 aliphatic rings. The first-order valence-electron chi connectivity index (χ1n) is 7.83. The molecule has 2 heterocycles. The van der Waals surface area contributed by atoms with Crippen LogP contribution < -0.4 is 11.2 Å². The van der Waals surface area contributed by atoms with Crippen molar-refractivity contribution >= 4 is 16.0 Å². The van der Waals surface area contributed by atoms with Crippen LogP contribution in [0.25, 0.3) is 11.1 Å². The Balaban J connectivity index is 2.26. The Bertz CT molecular complexity index is 928. The van der Waals surface area contributed by atoms with E-state index in [1.807, 2.05) is 0 Å². The Kier molecular flexibility index (Phi) is 5.39. The van der Waals surface area contributed by atoms with E-state index in [9.17, 15) is 24.9 Å². The molecular formula is C16H18N2O8Se. The molecule has 0 unspecified atom stereocenters. The van der Waals surface area contributed by atoms with Crippen LogP contribution in [0.2, 0.25) is 0 Å². The Morgan fingerprint density at radius 1 is 1.33 bits per heavy atom. The summed E-state index contributed by atoms with van der Waals surface area (Å²) in [6.45, 7) is -0.667. The van der Waals surface area contributed by atoms with Gasteiger partial charge < -0.3 is 0 Å². The molecule has 0 spiro atoms. The minimum atomic E-state index is -2.39. The van der Waals surface area contributed by atoms with Crippen LogP contribution in [0.5, 0.6) is 0 Å². The van der Waals surface area contributed by atoms with E-state index >= 15 is 0 Å². The van der Waals surface area contributed by atoms with Crippen molar-refractivity contribution in [3.05, 3.63) is 57.4 Å². The van der Waals surface area contributed by atoms with Gasteiger partial charge in [-0.2, -0.15) is 0 Å². The predicted octanol–water partition coefficient (Wildman–Crippen LogP) is -2.27. The molecule has 3 rings (SSSR count). The molecule has 11 heteroatoms. The molecule has 1 saturated heterocycles. The SMILES string of the molecule is COO[C@@]1(n2cc(-c3ccccc3)c(=O)[nH]c2=O)O[C@H](CO)[C@@H](O)[C@]1(O)[SeH]. The maximum absolute atomic E-state index is 12.5. The molecule has 10 nitrogen and oxygen atoms in total. The average molecular weight is 445 g/mol. The van der Waals surface area contributed by atoms with E-state index in [4.69, 9.17) is 9.62 Å². The fourth-order valence-electron chi connectivity index (χ4n) is 2.92. The van der Waals surface area contributed by atoms with Gasteiger partial charge in [-0.05, 0) is 0 Å². The van der Waals surface area contributed by atoms with E-state index in [2.05, 4.69) is 9.87 Å². The molecule has 0 saturated carbocycles. The number of aromatic amines is 1. The number of ether oxygens (including phenoxy) is 1. The second kappa shape index (κ2) is 7.30. The number of H-pyrrole nitrogens is 1. The van der Waals surface area contributed by atoms with Gasteiger partial charge in [0.15, 0.2) is 0 Å². The van der Waals surface area contributed by atoms with Crippen molar-refractivity contribution in [2.24, 2.45) is 0 Å². The van der Waals surface area contributed by atoms with E-state index in [-0.39, 0.29) is 5.56 Å². The number of nitrogens with zero attached hydrogens (tertiary/aromatic N) is 1. The van der Waals surface area contributed by atoms with Gasteiger partial charge in [0, 0.05) is 0 Å². The van der Waals surface area contributed by atoms with E-state index in [0.29, 0.717) is 5.56 Å². The normalized spacial score (nSPS) is 30.6. The van der Waals surface area contributed by atoms with Crippen molar-refractivity contribution < 1.29 is 29.8 Å². The number of nitrogens with one attached hydrogen (secondary N) is 1. The Morgan fingerprint density at radius 3 is 2.56 bits per heavy atom. The summed E-state index contributed by atoms with van der Waals surface area (Å²) in [7, 11) is 1.11. The van der Waals surface area contributed by atoms with Gasteiger partial charge >= 0.3 is 160 Å². The first-order chi connectivity index (χ1) is 12.8. The van der Waals surface area contributed by atoms with Crippen LogP contribution in [0, 0.1) is 0 Å². The number of benzene rings is 1. The molecular weight excluding hydrogens is 427 g/mol. The number of aliphatic hydroxyl groups is 3. The number of aliphatic hydroxyl groups excluding tert-OH is 2. The van der Waals surface area contributed by atoms with Crippen molar-refractivity contribution in [3.8, 4) is 11.1 Å². The van der Waals surface area contributed by atoms with Crippen molar-refractivity contribution in [2.75, 3.05) is 13.7 Å². The van der Waals surface area contributed by atoms with Crippen LogP contribution >= 0.6 is 0 Å². The zero-order chi connectivity index (χ0) is 19.8. The van der Waals surface area contributed by atoms with Crippen LogP contribution in [-0.4, -0.2) is 71.3 Å². The molecule has 1 aliphatic heterocycles. The van der Waals surface area contributed by atoms with E-state index in [0.717, 1.165) is 17.9 Å². The van der Waals surface area contributed by atoms with E-state index < -0.39 is 40.5 Å². The quantitative estimate of drug-likeness (QED) is 0.229. The Hall–Kier alpha value is -1.82. The second-order valence-corrected chi connectivity index (χ2v) is 7.31. The summed E-state index contributed by atoms with van der Waals surface area (Å²) >= 11 is 1.74. The number of hydrogen-bond acceptors (Lipinski definition) is 8. The summed E-state index contributed by atoms with van der Waals surface area (Å²) in [4.78, 5) is 36.7. The summed E-state index contributed by atoms with van der Waals surface area (Å²) in [5.41, 5.74) is -1.07. The van der Waals surface area contributed by atoms with Crippen LogP contribution in [0.4, 0.5) is 0 Å². The van der Waals surface area contributed by atoms with Crippen LogP contribution in [0.1, 0.15) is 0 Å². The zero-order valence-corrected chi connectivity index (χ0v) is 16.0. The van der Waals surface area contributed by atoms with Crippen LogP contribution in [-0.2, 0) is 20.4 Å². The predicted molar refractivity (Wildman–Crippen MR) is 92.9 cm³/mol. The van der Waals surface area contributed by atoms with Gasteiger partial charge in [-0.1, -0.05) is 0 Å². The van der Waals surface area contributed by atoms with Gasteiger partial charge in [0.2, 0.25) is 0 Å². The molecule has 1 aromatic carbocycles. The van der Waals surface area contributed by atoms with Crippen LogP contribution in [0.3, 0.4) is 0 Å². The molecule has 27 heavy (non-hydrogen) atoms. The van der Waals surface area contributed by atoms with Gasteiger partial charge in [0.1, 0.15) is 0 Å². The van der Waals surface area contributed by atoms with Gasteiger partial charge in [-0.25, -0.2) is 0 Å². The van der Waals surface area contributed by atoms with Gasteiger partial charge in [0.25, 0.3) is 0 Å². The molecule has 4 atom stereocenters. The molecule has 1 aromatic heterocycles. The third kappa shape index (κ3) is 3.08. The summed E-state index contributed by atoms with van der Waals surface area (Å²) in [5, 5.41) is 30.6. The summed E-state index contributed by atoms with van der Waals surface area (Å²) in [5.74, 6) is -2.39. The topological polar surface area (TPSA) is 143 Å². The molecule has 0 radical (unpaired) electrons. The maximum atomic E-state index is 12.5. The molecule has 0 bridgehead atoms. The average Bonchev–Trinajstić information content (AvgIpc) is 2.84. The standard InChI is InChI=1S/C16H18N2O8Se/c1-24-26-16(15(23,27)12(20)11(8-19)25-16)18-7-10(13(21)17-14(18)22)9-5-3-2-4-6-9/h2-7,11-12,19-20,23,27H,8H2,1H3,(H,17,21,22)/t11-,12-,15+,16+/m1/s1. The Morgan fingerprint density at radius 2 is 2.00 bits per heavy atom. The van der Waals surface area contributed by atoms with E-state index in [1.54, 1.807) is 46.3 Å². The molecule has 1 fully saturated rings. The summed E-state index contributed by atoms with van der Waals surface area (Å²) < 4.78 is 3.97. The van der Waals surface area contributed by atoms with Gasteiger partial charge in [-0.3, -0.25) is 0 Å². The summed E-state index contributed by atoms with van der Waals surface area (Å²) in [6, 6.07) is 8.47. The fourth-order valence-corrected chi connectivity index (χ4v) is 3.68. The zero-order valence-electron chi connectivity index (χ0n) is 14.1. The first kappa shape index (κ1) is 19.9. The molecule has 146 valence electrons. The summed E-state index contributed by atoms with van der Waals surface area (Å²) in [6.07, 6.45) is -1.80.